The summed E-state index contributed by atoms with van der Waals surface area (Å²) in [5.74, 6) is 0. The molecule has 0 bridgehead atoms. The van der Waals surface area contributed by atoms with Gasteiger partial charge in [-0.15, -0.1) is 0 Å². The maximum Gasteiger partial charge on any atom is 0.0706 e. The third kappa shape index (κ3) is 4.45. The Morgan fingerprint density at radius 1 is 1.00 bits per heavy atom. The van der Waals surface area contributed by atoms with Crippen LogP contribution in [0.25, 0.3) is 0 Å². The third-order valence-electron chi connectivity index (χ3n) is 4.55. The molecule has 6 heteroatoms. The highest BCUT2D eigenvalue weighted by Crippen LogP contribution is 2.39. The molecule has 0 heterocycles. The van der Waals surface area contributed by atoms with Crippen LogP contribution in [0.1, 0.15) is 47.0 Å². The van der Waals surface area contributed by atoms with Crippen LogP contribution in [0.2, 0.25) is 0 Å². The molecule has 0 saturated heterocycles. The van der Waals surface area contributed by atoms with Crippen molar-refractivity contribution in [1.29, 1.82) is 0 Å². The normalized spacial score (nSPS) is 22.2. The summed E-state index contributed by atoms with van der Waals surface area (Å²) in [6.45, 7) is 9.42. The van der Waals surface area contributed by atoms with Crippen LogP contribution in [0.3, 0.4) is 0 Å². The molecular weight excluding hydrogens is 256 g/mol. The van der Waals surface area contributed by atoms with Crippen LogP contribution in [-0.4, -0.2) is 47.0 Å². The van der Waals surface area contributed by atoms with Gasteiger partial charge in [0.05, 0.1) is 11.4 Å². The molecule has 1 aliphatic carbocycles. The van der Waals surface area contributed by atoms with Crippen LogP contribution >= 0.6 is 0 Å². The van der Waals surface area contributed by atoms with Crippen molar-refractivity contribution in [3.05, 3.63) is 0 Å². The molecule has 116 valence electrons. The van der Waals surface area contributed by atoms with E-state index in [9.17, 15) is 0 Å². The molecule has 1 saturated carbocycles. The predicted octanol–water partition coefficient (Wildman–Crippen LogP) is 1.81. The Morgan fingerprint density at radius 2 is 1.40 bits per heavy atom. The van der Waals surface area contributed by atoms with E-state index >= 15 is 0 Å². The lowest BCUT2D eigenvalue weighted by Gasteiger charge is -2.43. The Bertz CT molecular complexity index is 334. The standard InChI is InChI=1S/C14H28N4O2/c1-10(12(3)17-19)15-8-14(6-5-7-14)9-16-11(2)13(4)18-20/h10-11,15-16,19-20H,5-9H2,1-4H3. The maximum atomic E-state index is 8.77. The molecule has 6 nitrogen and oxygen atoms in total. The van der Waals surface area contributed by atoms with Gasteiger partial charge in [-0.1, -0.05) is 16.7 Å². The van der Waals surface area contributed by atoms with Crippen LogP contribution in [0.5, 0.6) is 0 Å². The third-order valence-corrected chi connectivity index (χ3v) is 4.55. The molecule has 0 aromatic carbocycles. The zero-order valence-corrected chi connectivity index (χ0v) is 13.0. The highest BCUT2D eigenvalue weighted by molar-refractivity contribution is 5.86. The minimum absolute atomic E-state index is 0.0793. The molecule has 2 unspecified atom stereocenters. The van der Waals surface area contributed by atoms with Crippen molar-refractivity contribution in [3.8, 4) is 0 Å². The van der Waals surface area contributed by atoms with Crippen LogP contribution in [0.4, 0.5) is 0 Å². The van der Waals surface area contributed by atoms with Crippen molar-refractivity contribution in [1.82, 2.24) is 10.6 Å². The summed E-state index contributed by atoms with van der Waals surface area (Å²) >= 11 is 0. The fourth-order valence-electron chi connectivity index (χ4n) is 2.30. The second kappa shape index (κ2) is 7.59. The van der Waals surface area contributed by atoms with Gasteiger partial charge >= 0.3 is 0 Å². The van der Waals surface area contributed by atoms with Gasteiger partial charge in [-0.25, -0.2) is 0 Å². The number of hydrogen-bond donors (Lipinski definition) is 4. The van der Waals surface area contributed by atoms with Crippen LogP contribution in [-0.2, 0) is 0 Å². The quantitative estimate of drug-likeness (QED) is 0.311. The van der Waals surface area contributed by atoms with Gasteiger partial charge in [0.2, 0.25) is 0 Å². The van der Waals surface area contributed by atoms with Gasteiger partial charge in [-0.05, 0) is 46.0 Å². The summed E-state index contributed by atoms with van der Waals surface area (Å²) in [5, 5.41) is 30.9. The average Bonchev–Trinajstić information content (AvgIpc) is 2.43. The van der Waals surface area contributed by atoms with Crippen molar-refractivity contribution in [2.24, 2.45) is 15.7 Å². The van der Waals surface area contributed by atoms with E-state index in [1.165, 1.54) is 19.3 Å². The van der Waals surface area contributed by atoms with Gasteiger partial charge in [-0.3, -0.25) is 0 Å². The summed E-state index contributed by atoms with van der Waals surface area (Å²) in [6.07, 6.45) is 3.64. The number of rotatable bonds is 8. The van der Waals surface area contributed by atoms with Crippen molar-refractivity contribution in [2.45, 2.75) is 59.0 Å². The van der Waals surface area contributed by atoms with Gasteiger partial charge in [0.25, 0.3) is 0 Å². The molecule has 2 atom stereocenters. The fraction of sp³-hybridized carbons (Fsp3) is 0.857. The lowest BCUT2D eigenvalue weighted by atomic mass is 9.68. The van der Waals surface area contributed by atoms with Gasteiger partial charge in [0.1, 0.15) is 0 Å². The largest absolute Gasteiger partial charge is 0.411 e. The minimum Gasteiger partial charge on any atom is -0.411 e. The summed E-state index contributed by atoms with van der Waals surface area (Å²) in [7, 11) is 0. The second-order valence-electron chi connectivity index (χ2n) is 6.04. The molecule has 0 aromatic rings. The molecular formula is C14H28N4O2. The molecule has 0 spiro atoms. The number of nitrogens with zero attached hydrogens (tertiary/aromatic N) is 2. The summed E-state index contributed by atoms with van der Waals surface area (Å²) in [6, 6.07) is 0.159. The highest BCUT2D eigenvalue weighted by atomic mass is 16.4. The van der Waals surface area contributed by atoms with Gasteiger partial charge < -0.3 is 21.0 Å². The Labute approximate surface area is 121 Å². The fourth-order valence-corrected chi connectivity index (χ4v) is 2.30. The Hall–Kier alpha value is -1.14. The summed E-state index contributed by atoms with van der Waals surface area (Å²) in [4.78, 5) is 0. The molecule has 1 fully saturated rings. The van der Waals surface area contributed by atoms with E-state index < -0.39 is 0 Å². The van der Waals surface area contributed by atoms with E-state index in [1.807, 2.05) is 27.7 Å². The van der Waals surface area contributed by atoms with Crippen LogP contribution in [0.15, 0.2) is 10.3 Å². The van der Waals surface area contributed by atoms with Crippen LogP contribution < -0.4 is 10.6 Å². The molecule has 0 aliphatic heterocycles. The minimum atomic E-state index is 0.0793. The second-order valence-corrected chi connectivity index (χ2v) is 6.04. The predicted molar refractivity (Wildman–Crippen MR) is 81.0 cm³/mol. The first-order valence-electron chi connectivity index (χ1n) is 7.28. The van der Waals surface area contributed by atoms with E-state index in [-0.39, 0.29) is 17.5 Å². The number of nitrogens with one attached hydrogen (secondary N) is 2. The molecule has 1 aliphatic rings. The van der Waals surface area contributed by atoms with E-state index in [1.54, 1.807) is 0 Å². The van der Waals surface area contributed by atoms with Crippen molar-refractivity contribution < 1.29 is 10.4 Å². The first-order chi connectivity index (χ1) is 9.44. The lowest BCUT2D eigenvalue weighted by Crippen LogP contribution is -2.51. The molecule has 20 heavy (non-hydrogen) atoms. The topological polar surface area (TPSA) is 89.2 Å². The van der Waals surface area contributed by atoms with E-state index in [4.69, 9.17) is 10.4 Å². The first kappa shape index (κ1) is 16.9. The van der Waals surface area contributed by atoms with Crippen molar-refractivity contribution in [3.63, 3.8) is 0 Å². The molecule has 0 aromatic heterocycles. The van der Waals surface area contributed by atoms with E-state index in [0.717, 1.165) is 13.1 Å². The summed E-state index contributed by atoms with van der Waals surface area (Å²) < 4.78 is 0. The maximum absolute atomic E-state index is 8.77. The Balaban J connectivity index is 2.44. The van der Waals surface area contributed by atoms with E-state index in [2.05, 4.69) is 20.9 Å². The molecule has 1 rings (SSSR count). The smallest absolute Gasteiger partial charge is 0.0706 e. The van der Waals surface area contributed by atoms with Crippen molar-refractivity contribution >= 4 is 11.4 Å². The average molecular weight is 284 g/mol. The number of hydrogen-bond acceptors (Lipinski definition) is 6. The van der Waals surface area contributed by atoms with Gasteiger partial charge in [0, 0.05) is 25.2 Å². The molecule has 0 amide bonds. The Kier molecular flexibility index (Phi) is 6.42. The molecule has 0 radical (unpaired) electrons. The van der Waals surface area contributed by atoms with Gasteiger partial charge in [-0.2, -0.15) is 0 Å². The summed E-state index contributed by atoms with van der Waals surface area (Å²) in [5.41, 5.74) is 1.65. The zero-order chi connectivity index (χ0) is 15.2. The Morgan fingerprint density at radius 3 is 1.65 bits per heavy atom. The first-order valence-corrected chi connectivity index (χ1v) is 7.28. The zero-order valence-electron chi connectivity index (χ0n) is 13.0. The highest BCUT2D eigenvalue weighted by Gasteiger charge is 2.37. The van der Waals surface area contributed by atoms with Crippen LogP contribution in [0, 0.1) is 5.41 Å². The number of oxime groups is 2. The SMILES string of the molecule is CC(=NO)C(C)NCC1(CNC(C)C(C)=NO)CCC1. The van der Waals surface area contributed by atoms with Crippen molar-refractivity contribution in [2.75, 3.05) is 13.1 Å². The van der Waals surface area contributed by atoms with Gasteiger partial charge in [0.15, 0.2) is 0 Å². The van der Waals surface area contributed by atoms with E-state index in [0.29, 0.717) is 11.4 Å². The molecule has 4 N–H and O–H groups in total. The lowest BCUT2D eigenvalue weighted by molar-refractivity contribution is 0.124. The monoisotopic (exact) mass is 284 g/mol.